The molecule has 1 fully saturated rings. The first-order valence-electron chi connectivity index (χ1n) is 4.32. The van der Waals surface area contributed by atoms with Crippen molar-refractivity contribution in [3.05, 3.63) is 36.7 Å². The number of nitrogens with zero attached hydrogens (tertiary/aromatic N) is 2. The molecule has 2 nitrogen and oxygen atoms in total. The van der Waals surface area contributed by atoms with E-state index in [4.69, 9.17) is 0 Å². The van der Waals surface area contributed by atoms with E-state index in [2.05, 4.69) is 48.3 Å². The van der Waals surface area contributed by atoms with Crippen molar-refractivity contribution in [2.45, 2.75) is 19.1 Å². The van der Waals surface area contributed by atoms with Gasteiger partial charge < -0.3 is 4.90 Å². The lowest BCUT2D eigenvalue weighted by Crippen LogP contribution is -2.17. The molecule has 2 unspecified atom stereocenters. The number of rotatable bonds is 1. The van der Waals surface area contributed by atoms with E-state index >= 15 is 0 Å². The van der Waals surface area contributed by atoms with Crippen LogP contribution < -0.4 is 0 Å². The highest BCUT2D eigenvalue weighted by Crippen LogP contribution is 2.29. The monoisotopic (exact) mass is 162 g/mol. The van der Waals surface area contributed by atoms with Gasteiger partial charge in [0.25, 0.3) is 0 Å². The maximum absolute atomic E-state index is 2.33. The first-order chi connectivity index (χ1) is 5.80. The highest BCUT2D eigenvalue weighted by Gasteiger charge is 2.43. The van der Waals surface area contributed by atoms with E-state index in [9.17, 15) is 0 Å². The molecule has 2 rings (SSSR count). The highest BCUT2D eigenvalue weighted by molar-refractivity contribution is 5.18. The summed E-state index contributed by atoms with van der Waals surface area (Å²) in [6, 6.07) is 0.678. The molecule has 3 atom stereocenters. The van der Waals surface area contributed by atoms with Crippen LogP contribution >= 0.6 is 0 Å². The maximum atomic E-state index is 2.33. The van der Waals surface area contributed by atoms with E-state index in [-0.39, 0.29) is 0 Å². The Bertz CT molecular complexity index is 229. The predicted octanol–water partition coefficient (Wildman–Crippen LogP) is 1.55. The van der Waals surface area contributed by atoms with Crippen LogP contribution in [0.3, 0.4) is 0 Å². The van der Waals surface area contributed by atoms with Gasteiger partial charge in [-0.3, -0.25) is 4.90 Å². The van der Waals surface area contributed by atoms with Crippen molar-refractivity contribution in [1.82, 2.24) is 9.80 Å². The molecule has 0 aliphatic carbocycles. The summed E-state index contributed by atoms with van der Waals surface area (Å²) in [6.07, 6.45) is 13.0. The van der Waals surface area contributed by atoms with Gasteiger partial charge in [-0.25, -0.2) is 0 Å². The van der Waals surface area contributed by atoms with Gasteiger partial charge in [0.2, 0.25) is 0 Å². The van der Waals surface area contributed by atoms with E-state index in [0.29, 0.717) is 12.2 Å². The van der Waals surface area contributed by atoms with Crippen LogP contribution in [0.1, 0.15) is 6.92 Å². The summed E-state index contributed by atoms with van der Waals surface area (Å²) in [5.74, 6) is 0. The molecule has 12 heavy (non-hydrogen) atoms. The van der Waals surface area contributed by atoms with Gasteiger partial charge in [-0.15, -0.1) is 0 Å². The van der Waals surface area contributed by atoms with Gasteiger partial charge in [0, 0.05) is 18.4 Å². The minimum Gasteiger partial charge on any atom is -0.337 e. The minimum absolute atomic E-state index is 0.567. The number of likely N-dealkylation sites (N-methyl/N-ethyl adjacent to an activating group) is 1. The Morgan fingerprint density at radius 3 is 1.92 bits per heavy atom. The molecule has 0 aromatic carbocycles. The van der Waals surface area contributed by atoms with E-state index < -0.39 is 0 Å². The van der Waals surface area contributed by atoms with E-state index in [1.807, 2.05) is 12.2 Å². The molecule has 2 aliphatic rings. The van der Waals surface area contributed by atoms with Crippen LogP contribution in [0.15, 0.2) is 36.7 Å². The van der Waals surface area contributed by atoms with Gasteiger partial charge in [-0.2, -0.15) is 0 Å². The lowest BCUT2D eigenvalue weighted by Gasteiger charge is -2.13. The van der Waals surface area contributed by atoms with Gasteiger partial charge in [0.05, 0.1) is 0 Å². The zero-order chi connectivity index (χ0) is 8.55. The van der Waals surface area contributed by atoms with E-state index in [1.54, 1.807) is 0 Å². The molecule has 0 radical (unpaired) electrons. The number of allylic oxidation sites excluding steroid dienone is 4. The first kappa shape index (κ1) is 7.62. The van der Waals surface area contributed by atoms with Gasteiger partial charge >= 0.3 is 0 Å². The van der Waals surface area contributed by atoms with Crippen molar-refractivity contribution in [1.29, 1.82) is 0 Å². The summed E-state index contributed by atoms with van der Waals surface area (Å²) in [4.78, 5) is 4.57. The quantitative estimate of drug-likeness (QED) is 0.540. The van der Waals surface area contributed by atoms with Crippen molar-refractivity contribution in [3.8, 4) is 0 Å². The average molecular weight is 162 g/mol. The van der Waals surface area contributed by atoms with Crippen molar-refractivity contribution in [3.63, 3.8) is 0 Å². The Balaban J connectivity index is 2.06. The molecule has 0 spiro atoms. The zero-order valence-electron chi connectivity index (χ0n) is 7.51. The molecular weight excluding hydrogens is 148 g/mol. The molecular formula is C10H14N2. The van der Waals surface area contributed by atoms with Crippen LogP contribution in [-0.4, -0.2) is 29.1 Å². The molecule has 2 aliphatic heterocycles. The predicted molar refractivity (Wildman–Crippen MR) is 50.3 cm³/mol. The van der Waals surface area contributed by atoms with Crippen LogP contribution in [-0.2, 0) is 0 Å². The largest absolute Gasteiger partial charge is 0.337 e. The molecule has 0 N–H and O–H groups in total. The Morgan fingerprint density at radius 1 is 1.00 bits per heavy atom. The normalized spacial score (nSPS) is 38.5. The third-order valence-corrected chi connectivity index (χ3v) is 2.56. The van der Waals surface area contributed by atoms with Gasteiger partial charge in [0.1, 0.15) is 6.17 Å². The fraction of sp³-hybridized carbons (Fsp3) is 0.400. The lowest BCUT2D eigenvalue weighted by atomic mass is 10.4. The van der Waals surface area contributed by atoms with Crippen LogP contribution in [0.4, 0.5) is 0 Å². The summed E-state index contributed by atoms with van der Waals surface area (Å²) in [5, 5.41) is 0. The fourth-order valence-corrected chi connectivity index (χ4v) is 1.59. The number of hydrogen-bond acceptors (Lipinski definition) is 2. The Kier molecular flexibility index (Phi) is 1.77. The minimum atomic E-state index is 0.567. The topological polar surface area (TPSA) is 6.25 Å². The van der Waals surface area contributed by atoms with Crippen LogP contribution in [0.25, 0.3) is 0 Å². The van der Waals surface area contributed by atoms with Crippen molar-refractivity contribution in [2.24, 2.45) is 0 Å². The van der Waals surface area contributed by atoms with Crippen LogP contribution in [0.5, 0.6) is 0 Å². The third kappa shape index (κ3) is 1.18. The number of hydrogen-bond donors (Lipinski definition) is 0. The molecule has 2 heterocycles. The fourth-order valence-electron chi connectivity index (χ4n) is 1.59. The smallest absolute Gasteiger partial charge is 0.101 e. The summed E-state index contributed by atoms with van der Waals surface area (Å²) in [7, 11) is 2.15. The van der Waals surface area contributed by atoms with Crippen LogP contribution in [0, 0.1) is 0 Å². The summed E-state index contributed by atoms with van der Waals surface area (Å²) in [6.45, 7) is 2.24. The van der Waals surface area contributed by atoms with Crippen molar-refractivity contribution < 1.29 is 0 Å². The summed E-state index contributed by atoms with van der Waals surface area (Å²) < 4.78 is 0. The van der Waals surface area contributed by atoms with Crippen LogP contribution in [0.2, 0.25) is 0 Å². The Labute approximate surface area is 73.5 Å². The molecule has 1 saturated heterocycles. The van der Waals surface area contributed by atoms with Gasteiger partial charge in [0.15, 0.2) is 0 Å². The second-order valence-corrected chi connectivity index (χ2v) is 3.33. The maximum Gasteiger partial charge on any atom is 0.101 e. The first-order valence-corrected chi connectivity index (χ1v) is 4.32. The Morgan fingerprint density at radius 2 is 1.50 bits per heavy atom. The van der Waals surface area contributed by atoms with Crippen molar-refractivity contribution >= 4 is 0 Å². The molecule has 0 saturated carbocycles. The summed E-state index contributed by atoms with van der Waals surface area (Å²) in [5.41, 5.74) is 0. The standard InChI is InChI=1S/C10H14N2/c1-9-10(11(9)2)12-7-5-3-4-6-8-12/h3-10H,1-2H3/t9-,10?,11?/m1/s1. The molecule has 64 valence electrons. The molecule has 0 bridgehead atoms. The van der Waals surface area contributed by atoms with E-state index in [1.165, 1.54) is 0 Å². The molecule has 0 aromatic heterocycles. The molecule has 0 aromatic rings. The zero-order valence-corrected chi connectivity index (χ0v) is 7.51. The molecule has 2 heteroatoms. The Hall–Kier alpha value is -1.02. The molecule has 0 amide bonds. The second-order valence-electron chi connectivity index (χ2n) is 3.33. The second kappa shape index (κ2) is 2.79. The van der Waals surface area contributed by atoms with Crippen molar-refractivity contribution in [2.75, 3.05) is 7.05 Å². The van der Waals surface area contributed by atoms with Gasteiger partial charge in [-0.1, -0.05) is 12.2 Å². The average Bonchev–Trinajstić information content (AvgIpc) is 2.72. The van der Waals surface area contributed by atoms with Gasteiger partial charge in [-0.05, 0) is 26.1 Å². The highest BCUT2D eigenvalue weighted by atomic mass is 15.5. The lowest BCUT2D eigenvalue weighted by molar-refractivity contribution is 0.407. The summed E-state index contributed by atoms with van der Waals surface area (Å²) >= 11 is 0. The SMILES string of the molecule is C[C@@H]1C(N2C=CC=CC=C2)N1C. The van der Waals surface area contributed by atoms with E-state index in [0.717, 1.165) is 0 Å². The third-order valence-electron chi connectivity index (χ3n) is 2.56.